The van der Waals surface area contributed by atoms with Crippen molar-refractivity contribution in [3.05, 3.63) is 35.1 Å². The fraction of sp³-hybridized carbons (Fsp3) is 0.364. The molecule has 0 saturated heterocycles. The van der Waals surface area contributed by atoms with Gasteiger partial charge < -0.3 is 0 Å². The topological polar surface area (TPSA) is 17.1 Å². The second kappa shape index (κ2) is 4.63. The van der Waals surface area contributed by atoms with Crippen molar-refractivity contribution in [1.29, 1.82) is 0 Å². The molecule has 0 aliphatic carbocycles. The van der Waals surface area contributed by atoms with Crippen molar-refractivity contribution in [3.8, 4) is 0 Å². The fourth-order valence-electron chi connectivity index (χ4n) is 1.29. The van der Waals surface area contributed by atoms with Gasteiger partial charge >= 0.3 is 6.18 Å². The van der Waals surface area contributed by atoms with Gasteiger partial charge in [-0.05, 0) is 24.6 Å². The van der Waals surface area contributed by atoms with Gasteiger partial charge in [-0.15, -0.1) is 0 Å². The minimum absolute atomic E-state index is 0.101. The first-order valence-electron chi connectivity index (χ1n) is 4.76. The SMILES string of the molecule is CCCC(=O)c1ccc(F)c(C(F)(F)F)c1. The van der Waals surface area contributed by atoms with Gasteiger partial charge in [0, 0.05) is 12.0 Å². The van der Waals surface area contributed by atoms with Gasteiger partial charge in [-0.2, -0.15) is 13.2 Å². The number of Topliss-reactive ketones (excluding diaryl/α,β-unsaturated/α-hetero) is 1. The molecule has 5 heteroatoms. The Bertz CT molecular complexity index is 395. The number of carbonyl (C=O) groups is 1. The van der Waals surface area contributed by atoms with E-state index in [1.807, 2.05) is 0 Å². The fourth-order valence-corrected chi connectivity index (χ4v) is 1.29. The maximum Gasteiger partial charge on any atom is 0.419 e. The molecule has 0 N–H and O–H groups in total. The van der Waals surface area contributed by atoms with E-state index in [1.165, 1.54) is 0 Å². The van der Waals surface area contributed by atoms with E-state index in [9.17, 15) is 22.4 Å². The Balaban J connectivity index is 3.13. The highest BCUT2D eigenvalue weighted by Gasteiger charge is 2.34. The summed E-state index contributed by atoms with van der Waals surface area (Å²) >= 11 is 0. The first kappa shape index (κ1) is 12.7. The van der Waals surface area contributed by atoms with E-state index in [2.05, 4.69) is 0 Å². The Morgan fingerprint density at radius 3 is 2.44 bits per heavy atom. The molecule has 0 aromatic heterocycles. The summed E-state index contributed by atoms with van der Waals surface area (Å²) in [4.78, 5) is 11.3. The molecule has 0 aliphatic rings. The molecule has 0 radical (unpaired) electrons. The van der Waals surface area contributed by atoms with E-state index in [-0.39, 0.29) is 12.0 Å². The lowest BCUT2D eigenvalue weighted by atomic mass is 10.0. The number of alkyl halides is 3. The number of ketones is 1. The average Bonchev–Trinajstić information content (AvgIpc) is 2.16. The van der Waals surface area contributed by atoms with E-state index >= 15 is 0 Å². The molecule has 0 aliphatic heterocycles. The second-order valence-electron chi connectivity index (χ2n) is 3.37. The van der Waals surface area contributed by atoms with E-state index in [1.54, 1.807) is 6.92 Å². The molecule has 1 nitrogen and oxygen atoms in total. The quantitative estimate of drug-likeness (QED) is 0.573. The van der Waals surface area contributed by atoms with Crippen LogP contribution in [0, 0.1) is 5.82 Å². The molecule has 0 spiro atoms. The number of hydrogen-bond donors (Lipinski definition) is 0. The van der Waals surface area contributed by atoms with Crippen LogP contribution in [0.1, 0.15) is 35.7 Å². The van der Waals surface area contributed by atoms with Crippen molar-refractivity contribution in [1.82, 2.24) is 0 Å². The third kappa shape index (κ3) is 2.81. The van der Waals surface area contributed by atoms with Crippen molar-refractivity contribution in [3.63, 3.8) is 0 Å². The summed E-state index contributed by atoms with van der Waals surface area (Å²) in [5.41, 5.74) is -1.50. The van der Waals surface area contributed by atoms with Crippen LogP contribution in [0.5, 0.6) is 0 Å². The second-order valence-corrected chi connectivity index (χ2v) is 3.37. The number of halogens is 4. The standard InChI is InChI=1S/C11H10F4O/c1-2-3-10(16)7-4-5-9(12)8(6-7)11(13,14)15/h4-6H,2-3H2,1H3. The molecule has 1 aromatic carbocycles. The van der Waals surface area contributed by atoms with Gasteiger partial charge in [0.15, 0.2) is 5.78 Å². The molecule has 16 heavy (non-hydrogen) atoms. The van der Waals surface area contributed by atoms with Gasteiger partial charge in [0.1, 0.15) is 5.82 Å². The number of carbonyl (C=O) groups excluding carboxylic acids is 1. The molecule has 88 valence electrons. The number of hydrogen-bond acceptors (Lipinski definition) is 1. The Labute approximate surface area is 90.1 Å². The normalized spacial score (nSPS) is 11.6. The molecule has 0 fully saturated rings. The Morgan fingerprint density at radius 1 is 1.31 bits per heavy atom. The Morgan fingerprint density at radius 2 is 1.94 bits per heavy atom. The minimum Gasteiger partial charge on any atom is -0.294 e. The zero-order valence-corrected chi connectivity index (χ0v) is 8.57. The van der Waals surface area contributed by atoms with Gasteiger partial charge in [0.05, 0.1) is 5.56 Å². The molecule has 0 amide bonds. The number of benzene rings is 1. The predicted octanol–water partition coefficient (Wildman–Crippen LogP) is 3.83. The highest BCUT2D eigenvalue weighted by Crippen LogP contribution is 2.32. The first-order chi connectivity index (χ1) is 7.36. The van der Waals surface area contributed by atoms with Crippen LogP contribution in [0.2, 0.25) is 0 Å². The summed E-state index contributed by atoms with van der Waals surface area (Å²) < 4.78 is 49.9. The van der Waals surface area contributed by atoms with Crippen LogP contribution in [0.4, 0.5) is 17.6 Å². The largest absolute Gasteiger partial charge is 0.419 e. The minimum atomic E-state index is -4.77. The highest BCUT2D eigenvalue weighted by molar-refractivity contribution is 5.96. The Hall–Kier alpha value is -1.39. The van der Waals surface area contributed by atoms with Gasteiger partial charge in [0.2, 0.25) is 0 Å². The van der Waals surface area contributed by atoms with Gasteiger partial charge in [-0.1, -0.05) is 6.92 Å². The first-order valence-corrected chi connectivity index (χ1v) is 4.76. The maximum atomic E-state index is 12.9. The molecule has 0 atom stereocenters. The third-order valence-corrected chi connectivity index (χ3v) is 2.07. The lowest BCUT2D eigenvalue weighted by Gasteiger charge is -2.09. The monoisotopic (exact) mass is 234 g/mol. The van der Waals surface area contributed by atoms with Crippen molar-refractivity contribution in [2.45, 2.75) is 25.9 Å². The molecule has 0 unspecified atom stereocenters. The summed E-state index contributed by atoms with van der Waals surface area (Å²) in [5.74, 6) is -1.77. The van der Waals surface area contributed by atoms with Crippen LogP contribution in [0.3, 0.4) is 0 Å². The van der Waals surface area contributed by atoms with Crippen LogP contribution in [-0.4, -0.2) is 5.78 Å². The lowest BCUT2D eigenvalue weighted by Crippen LogP contribution is -2.10. The zero-order chi connectivity index (χ0) is 12.3. The Kier molecular flexibility index (Phi) is 3.67. The highest BCUT2D eigenvalue weighted by atomic mass is 19.4. The van der Waals surface area contributed by atoms with E-state index in [0.717, 1.165) is 6.07 Å². The van der Waals surface area contributed by atoms with Gasteiger partial charge in [-0.3, -0.25) is 4.79 Å². The molecule has 1 rings (SSSR count). The van der Waals surface area contributed by atoms with Crippen LogP contribution < -0.4 is 0 Å². The molecular formula is C11H10F4O. The third-order valence-electron chi connectivity index (χ3n) is 2.07. The van der Waals surface area contributed by atoms with Crippen LogP contribution >= 0.6 is 0 Å². The van der Waals surface area contributed by atoms with Gasteiger partial charge in [-0.25, -0.2) is 4.39 Å². The van der Waals surface area contributed by atoms with Crippen molar-refractivity contribution >= 4 is 5.78 Å². The molecule has 1 aromatic rings. The predicted molar refractivity (Wildman–Crippen MR) is 50.6 cm³/mol. The average molecular weight is 234 g/mol. The zero-order valence-electron chi connectivity index (χ0n) is 8.57. The van der Waals surface area contributed by atoms with Crippen molar-refractivity contribution < 1.29 is 22.4 Å². The van der Waals surface area contributed by atoms with Crippen LogP contribution in [0.15, 0.2) is 18.2 Å². The van der Waals surface area contributed by atoms with E-state index in [0.29, 0.717) is 18.6 Å². The lowest BCUT2D eigenvalue weighted by molar-refractivity contribution is -0.140. The van der Waals surface area contributed by atoms with Crippen molar-refractivity contribution in [2.75, 3.05) is 0 Å². The molecule has 0 heterocycles. The summed E-state index contributed by atoms with van der Waals surface area (Å²) in [6, 6.07) is 2.31. The summed E-state index contributed by atoms with van der Waals surface area (Å²) in [7, 11) is 0. The molecule has 0 saturated carbocycles. The molecule has 0 bridgehead atoms. The van der Waals surface area contributed by atoms with Crippen LogP contribution in [-0.2, 0) is 6.18 Å². The van der Waals surface area contributed by atoms with Crippen LogP contribution in [0.25, 0.3) is 0 Å². The molecular weight excluding hydrogens is 224 g/mol. The smallest absolute Gasteiger partial charge is 0.294 e. The number of rotatable bonds is 3. The summed E-state index contributed by atoms with van der Waals surface area (Å²) in [6.07, 6.45) is -4.08. The maximum absolute atomic E-state index is 12.9. The van der Waals surface area contributed by atoms with Crippen molar-refractivity contribution in [2.24, 2.45) is 0 Å². The van der Waals surface area contributed by atoms with E-state index < -0.39 is 23.3 Å². The van der Waals surface area contributed by atoms with Gasteiger partial charge in [0.25, 0.3) is 0 Å². The summed E-state index contributed by atoms with van der Waals surface area (Å²) in [5, 5.41) is 0. The summed E-state index contributed by atoms with van der Waals surface area (Å²) in [6.45, 7) is 1.74. The van der Waals surface area contributed by atoms with E-state index in [4.69, 9.17) is 0 Å².